The SMILES string of the molecule is O=C(COC(=O)COc1ccc(Br)cc1)NC[C@H]1CCCO1. The van der Waals surface area contributed by atoms with Gasteiger partial charge in [-0.1, -0.05) is 15.9 Å². The van der Waals surface area contributed by atoms with Crippen LogP contribution in [0.1, 0.15) is 12.8 Å². The minimum Gasteiger partial charge on any atom is -0.482 e. The highest BCUT2D eigenvalue weighted by Gasteiger charge is 2.16. The average Bonchev–Trinajstić information content (AvgIpc) is 3.04. The molecular weight excluding hydrogens is 354 g/mol. The number of hydrogen-bond donors (Lipinski definition) is 1. The predicted octanol–water partition coefficient (Wildman–Crippen LogP) is 1.67. The minimum atomic E-state index is -0.588. The molecule has 7 heteroatoms. The number of hydrogen-bond acceptors (Lipinski definition) is 5. The molecule has 1 atom stereocenters. The summed E-state index contributed by atoms with van der Waals surface area (Å²) in [6.07, 6.45) is 2.03. The molecule has 0 aliphatic carbocycles. The first kappa shape index (κ1) is 16.8. The van der Waals surface area contributed by atoms with Gasteiger partial charge in [0.25, 0.3) is 5.91 Å². The third-order valence-corrected chi connectivity index (χ3v) is 3.61. The third-order valence-electron chi connectivity index (χ3n) is 3.09. The monoisotopic (exact) mass is 371 g/mol. The maximum atomic E-state index is 11.5. The topological polar surface area (TPSA) is 73.9 Å². The van der Waals surface area contributed by atoms with Crippen LogP contribution in [0.5, 0.6) is 5.75 Å². The summed E-state index contributed by atoms with van der Waals surface area (Å²) in [5.74, 6) is -0.370. The highest BCUT2D eigenvalue weighted by atomic mass is 79.9. The van der Waals surface area contributed by atoms with Crippen molar-refractivity contribution in [3.05, 3.63) is 28.7 Å². The van der Waals surface area contributed by atoms with Crippen molar-refractivity contribution in [3.8, 4) is 5.75 Å². The van der Waals surface area contributed by atoms with Gasteiger partial charge < -0.3 is 19.5 Å². The molecule has 1 aliphatic heterocycles. The van der Waals surface area contributed by atoms with E-state index in [9.17, 15) is 9.59 Å². The lowest BCUT2D eigenvalue weighted by molar-refractivity contribution is -0.150. The number of ether oxygens (including phenoxy) is 3. The zero-order valence-corrected chi connectivity index (χ0v) is 13.6. The number of amides is 1. The maximum Gasteiger partial charge on any atom is 0.344 e. The number of halogens is 1. The largest absolute Gasteiger partial charge is 0.482 e. The van der Waals surface area contributed by atoms with Gasteiger partial charge in [0, 0.05) is 17.6 Å². The molecule has 1 aromatic carbocycles. The van der Waals surface area contributed by atoms with Crippen LogP contribution < -0.4 is 10.1 Å². The Bertz CT molecular complexity index is 499. The van der Waals surface area contributed by atoms with Gasteiger partial charge in [-0.3, -0.25) is 4.79 Å². The van der Waals surface area contributed by atoms with Crippen LogP contribution in [0.2, 0.25) is 0 Å². The van der Waals surface area contributed by atoms with Gasteiger partial charge >= 0.3 is 5.97 Å². The Kier molecular flexibility index (Phi) is 6.67. The molecule has 0 spiro atoms. The summed E-state index contributed by atoms with van der Waals surface area (Å²) in [4.78, 5) is 23.0. The molecule has 1 heterocycles. The van der Waals surface area contributed by atoms with Crippen molar-refractivity contribution in [1.29, 1.82) is 0 Å². The van der Waals surface area contributed by atoms with E-state index in [0.717, 1.165) is 23.9 Å². The van der Waals surface area contributed by atoms with Crippen molar-refractivity contribution in [3.63, 3.8) is 0 Å². The number of benzene rings is 1. The van der Waals surface area contributed by atoms with Crippen molar-refractivity contribution < 1.29 is 23.8 Å². The molecular formula is C15H18BrNO5. The fourth-order valence-corrected chi connectivity index (χ4v) is 2.21. The van der Waals surface area contributed by atoms with Gasteiger partial charge in [0.05, 0.1) is 6.10 Å². The summed E-state index contributed by atoms with van der Waals surface area (Å²) in [6.45, 7) is 0.643. The fourth-order valence-electron chi connectivity index (χ4n) is 1.94. The molecule has 0 radical (unpaired) electrons. The summed E-state index contributed by atoms with van der Waals surface area (Å²) in [7, 11) is 0. The summed E-state index contributed by atoms with van der Waals surface area (Å²) in [6, 6.07) is 7.07. The zero-order valence-electron chi connectivity index (χ0n) is 12.0. The van der Waals surface area contributed by atoms with Gasteiger partial charge in [0.15, 0.2) is 13.2 Å². The van der Waals surface area contributed by atoms with E-state index in [1.807, 2.05) is 0 Å². The van der Waals surface area contributed by atoms with Crippen molar-refractivity contribution in [2.24, 2.45) is 0 Å². The fraction of sp³-hybridized carbons (Fsp3) is 0.467. The van der Waals surface area contributed by atoms with Crippen LogP contribution in [0.4, 0.5) is 0 Å². The van der Waals surface area contributed by atoms with Crippen LogP contribution in [0.25, 0.3) is 0 Å². The van der Waals surface area contributed by atoms with Crippen LogP contribution in [0.15, 0.2) is 28.7 Å². The third kappa shape index (κ3) is 6.03. The van der Waals surface area contributed by atoms with E-state index in [0.29, 0.717) is 12.3 Å². The molecule has 0 bridgehead atoms. The average molecular weight is 372 g/mol. The first-order valence-corrected chi connectivity index (χ1v) is 7.85. The second-order valence-electron chi connectivity index (χ2n) is 4.84. The molecule has 0 aromatic heterocycles. The van der Waals surface area contributed by atoms with Crippen molar-refractivity contribution >= 4 is 27.8 Å². The number of nitrogens with one attached hydrogen (secondary N) is 1. The van der Waals surface area contributed by atoms with Gasteiger partial charge in [-0.2, -0.15) is 0 Å². The van der Waals surface area contributed by atoms with E-state index in [4.69, 9.17) is 14.2 Å². The molecule has 1 fully saturated rings. The number of carbonyl (C=O) groups is 2. The summed E-state index contributed by atoms with van der Waals surface area (Å²) >= 11 is 3.30. The van der Waals surface area contributed by atoms with E-state index in [1.165, 1.54) is 0 Å². The normalized spacial score (nSPS) is 17.0. The number of carbonyl (C=O) groups excluding carboxylic acids is 2. The summed E-state index contributed by atoms with van der Waals surface area (Å²) in [5, 5.41) is 2.67. The van der Waals surface area contributed by atoms with Gasteiger partial charge in [-0.25, -0.2) is 4.79 Å². The molecule has 0 saturated carbocycles. The molecule has 6 nitrogen and oxygen atoms in total. The Morgan fingerprint density at radius 1 is 1.27 bits per heavy atom. The first-order valence-electron chi connectivity index (χ1n) is 7.06. The molecule has 22 heavy (non-hydrogen) atoms. The Hall–Kier alpha value is -1.60. The minimum absolute atomic E-state index is 0.0698. The van der Waals surface area contributed by atoms with Crippen molar-refractivity contribution in [2.45, 2.75) is 18.9 Å². The Morgan fingerprint density at radius 3 is 2.73 bits per heavy atom. The lowest BCUT2D eigenvalue weighted by Crippen LogP contribution is -2.35. The molecule has 0 unspecified atom stereocenters. The van der Waals surface area contributed by atoms with Gasteiger partial charge in [0.1, 0.15) is 5.75 Å². The van der Waals surface area contributed by atoms with E-state index in [-0.39, 0.29) is 25.2 Å². The lowest BCUT2D eigenvalue weighted by atomic mass is 10.2. The summed E-state index contributed by atoms with van der Waals surface area (Å²) in [5.41, 5.74) is 0. The van der Waals surface area contributed by atoms with Crippen molar-refractivity contribution in [1.82, 2.24) is 5.32 Å². The van der Waals surface area contributed by atoms with Crippen LogP contribution in [0.3, 0.4) is 0 Å². The van der Waals surface area contributed by atoms with E-state index < -0.39 is 5.97 Å². The van der Waals surface area contributed by atoms with E-state index in [2.05, 4.69) is 21.2 Å². The van der Waals surface area contributed by atoms with Gasteiger partial charge in [0.2, 0.25) is 0 Å². The van der Waals surface area contributed by atoms with Crippen LogP contribution >= 0.6 is 15.9 Å². The van der Waals surface area contributed by atoms with Gasteiger partial charge in [-0.15, -0.1) is 0 Å². The maximum absolute atomic E-state index is 11.5. The quantitative estimate of drug-likeness (QED) is 0.737. The highest BCUT2D eigenvalue weighted by molar-refractivity contribution is 9.10. The zero-order chi connectivity index (χ0) is 15.8. The molecule has 1 aliphatic rings. The molecule has 1 N–H and O–H groups in total. The standard InChI is InChI=1S/C15H18BrNO5/c16-11-3-5-12(6-4-11)21-10-15(19)22-9-14(18)17-8-13-2-1-7-20-13/h3-6,13H,1-2,7-10H2,(H,17,18)/t13-/m1/s1. The second-order valence-corrected chi connectivity index (χ2v) is 5.76. The Morgan fingerprint density at radius 2 is 2.05 bits per heavy atom. The lowest BCUT2D eigenvalue weighted by Gasteiger charge is -2.11. The predicted molar refractivity (Wildman–Crippen MR) is 82.6 cm³/mol. The second kappa shape index (κ2) is 8.75. The molecule has 1 saturated heterocycles. The molecule has 1 amide bonds. The summed E-state index contributed by atoms with van der Waals surface area (Å²) < 4.78 is 16.4. The number of esters is 1. The molecule has 120 valence electrons. The Labute approximate surface area is 137 Å². The smallest absolute Gasteiger partial charge is 0.344 e. The van der Waals surface area contributed by atoms with Crippen LogP contribution in [-0.4, -0.2) is 44.3 Å². The van der Waals surface area contributed by atoms with Crippen LogP contribution in [0, 0.1) is 0 Å². The molecule has 1 aromatic rings. The van der Waals surface area contributed by atoms with E-state index in [1.54, 1.807) is 24.3 Å². The first-order chi connectivity index (χ1) is 10.6. The molecule has 2 rings (SSSR count). The Balaban J connectivity index is 1.58. The van der Waals surface area contributed by atoms with Crippen LogP contribution in [-0.2, 0) is 19.1 Å². The number of rotatable bonds is 7. The van der Waals surface area contributed by atoms with Crippen molar-refractivity contribution in [2.75, 3.05) is 26.4 Å². The van der Waals surface area contributed by atoms with Gasteiger partial charge in [-0.05, 0) is 37.1 Å². The highest BCUT2D eigenvalue weighted by Crippen LogP contribution is 2.15. The van der Waals surface area contributed by atoms with E-state index >= 15 is 0 Å².